The zero-order valence-corrected chi connectivity index (χ0v) is 9.27. The number of benzene rings is 1. The monoisotopic (exact) mass is 240 g/mol. The van der Waals surface area contributed by atoms with Crippen molar-refractivity contribution in [1.29, 1.82) is 0 Å². The number of ether oxygens (including phenoxy) is 1. The fourth-order valence-corrected chi connectivity index (χ4v) is 1.07. The molecule has 1 amide bonds. The first kappa shape index (κ1) is 13.0. The molecule has 1 rings (SSSR count). The summed E-state index contributed by atoms with van der Waals surface area (Å²) < 4.78 is 17.7. The Hall–Kier alpha value is -2.11. The van der Waals surface area contributed by atoms with Crippen LogP contribution in [0.25, 0.3) is 0 Å². The van der Waals surface area contributed by atoms with E-state index in [-0.39, 0.29) is 17.9 Å². The molecule has 1 aromatic carbocycles. The molecule has 4 N–H and O–H groups in total. The molecule has 0 spiro atoms. The molecule has 0 heterocycles. The van der Waals surface area contributed by atoms with E-state index in [1.165, 1.54) is 13.0 Å². The summed E-state index contributed by atoms with van der Waals surface area (Å²) in [5, 5.41) is 0. The number of nitrogens with two attached hydrogens (primary N) is 2. The number of hydrogen-bond acceptors (Lipinski definition) is 4. The normalized spacial score (nSPS) is 11.9. The van der Waals surface area contributed by atoms with Gasteiger partial charge in [-0.15, -0.1) is 0 Å². The molecular weight excluding hydrogens is 227 g/mol. The quantitative estimate of drug-likeness (QED) is 0.597. The van der Waals surface area contributed by atoms with Crippen molar-refractivity contribution in [1.82, 2.24) is 0 Å². The van der Waals surface area contributed by atoms with Gasteiger partial charge >= 0.3 is 5.97 Å². The van der Waals surface area contributed by atoms with E-state index in [0.29, 0.717) is 0 Å². The van der Waals surface area contributed by atoms with E-state index in [4.69, 9.17) is 16.2 Å². The van der Waals surface area contributed by atoms with Gasteiger partial charge in [0.1, 0.15) is 12.4 Å². The van der Waals surface area contributed by atoms with Crippen molar-refractivity contribution >= 4 is 17.6 Å². The van der Waals surface area contributed by atoms with Crippen molar-refractivity contribution < 1.29 is 18.7 Å². The molecule has 1 aromatic rings. The number of rotatable bonds is 4. The minimum Gasteiger partial charge on any atom is -0.461 e. The number of esters is 1. The van der Waals surface area contributed by atoms with Gasteiger partial charge < -0.3 is 16.2 Å². The van der Waals surface area contributed by atoms with Crippen LogP contribution in [0.5, 0.6) is 0 Å². The first-order valence-corrected chi connectivity index (χ1v) is 4.93. The summed E-state index contributed by atoms with van der Waals surface area (Å²) in [6.07, 6.45) is 0. The van der Waals surface area contributed by atoms with Gasteiger partial charge in [0, 0.05) is 5.69 Å². The zero-order valence-electron chi connectivity index (χ0n) is 9.27. The maximum atomic E-state index is 12.9. The molecule has 1 atom stereocenters. The highest BCUT2D eigenvalue weighted by molar-refractivity contribution is 5.95. The highest BCUT2D eigenvalue weighted by Crippen LogP contribution is 2.14. The van der Waals surface area contributed by atoms with Crippen molar-refractivity contribution in [2.24, 2.45) is 11.7 Å². The average Bonchev–Trinajstić information content (AvgIpc) is 2.28. The summed E-state index contributed by atoms with van der Waals surface area (Å²) >= 11 is 0. The third-order valence-electron chi connectivity index (χ3n) is 2.19. The second-order valence-corrected chi connectivity index (χ2v) is 3.63. The van der Waals surface area contributed by atoms with Crippen molar-refractivity contribution in [3.05, 3.63) is 29.6 Å². The lowest BCUT2D eigenvalue weighted by Gasteiger charge is -2.09. The summed E-state index contributed by atoms with van der Waals surface area (Å²) in [6, 6.07) is 3.38. The van der Waals surface area contributed by atoms with Gasteiger partial charge in [-0.3, -0.25) is 4.79 Å². The van der Waals surface area contributed by atoms with Crippen LogP contribution in [-0.2, 0) is 9.53 Å². The highest BCUT2D eigenvalue weighted by Gasteiger charge is 2.16. The number of nitrogen functional groups attached to an aromatic ring is 1. The molecule has 0 aliphatic heterocycles. The molecule has 0 saturated carbocycles. The van der Waals surface area contributed by atoms with E-state index in [9.17, 15) is 14.0 Å². The second-order valence-electron chi connectivity index (χ2n) is 3.63. The maximum Gasteiger partial charge on any atom is 0.340 e. The topological polar surface area (TPSA) is 95.4 Å². The van der Waals surface area contributed by atoms with Gasteiger partial charge in [0.2, 0.25) is 5.91 Å². The Kier molecular flexibility index (Phi) is 4.03. The molecule has 0 fully saturated rings. The molecular formula is C11H13FN2O3. The molecule has 92 valence electrons. The van der Waals surface area contributed by atoms with Crippen LogP contribution in [0.2, 0.25) is 0 Å². The van der Waals surface area contributed by atoms with Gasteiger partial charge in [-0.25, -0.2) is 9.18 Å². The number of hydrogen-bond donors (Lipinski definition) is 2. The van der Waals surface area contributed by atoms with Crippen molar-refractivity contribution in [3.63, 3.8) is 0 Å². The van der Waals surface area contributed by atoms with Gasteiger partial charge in [-0.2, -0.15) is 0 Å². The molecule has 0 bridgehead atoms. The maximum absolute atomic E-state index is 12.9. The third kappa shape index (κ3) is 3.44. The molecule has 6 heteroatoms. The summed E-state index contributed by atoms with van der Waals surface area (Å²) in [5.41, 5.74) is 10.5. The van der Waals surface area contributed by atoms with E-state index in [1.54, 1.807) is 0 Å². The Labute approximate surface area is 97.5 Å². The summed E-state index contributed by atoms with van der Waals surface area (Å²) in [7, 11) is 0. The molecule has 0 radical (unpaired) electrons. The Morgan fingerprint density at radius 3 is 2.71 bits per heavy atom. The van der Waals surface area contributed by atoms with E-state index in [1.807, 2.05) is 0 Å². The molecule has 0 aromatic heterocycles. The lowest BCUT2D eigenvalue weighted by molar-refractivity contribution is -0.122. The fourth-order valence-electron chi connectivity index (χ4n) is 1.07. The van der Waals surface area contributed by atoms with Gasteiger partial charge in [0.25, 0.3) is 0 Å². The smallest absolute Gasteiger partial charge is 0.340 e. The van der Waals surface area contributed by atoms with Crippen LogP contribution >= 0.6 is 0 Å². The summed E-state index contributed by atoms with van der Waals surface area (Å²) in [4.78, 5) is 22.2. The van der Waals surface area contributed by atoms with Gasteiger partial charge in [0.15, 0.2) is 0 Å². The third-order valence-corrected chi connectivity index (χ3v) is 2.19. The first-order valence-electron chi connectivity index (χ1n) is 4.93. The number of anilines is 1. The van der Waals surface area contributed by atoms with Crippen LogP contribution in [0.3, 0.4) is 0 Å². The molecule has 1 unspecified atom stereocenters. The Bertz CT molecular complexity index is 448. The lowest BCUT2D eigenvalue weighted by Crippen LogP contribution is -2.26. The predicted octanol–water partition coefficient (Wildman–Crippen LogP) is 0.686. The predicted molar refractivity (Wildman–Crippen MR) is 59.5 cm³/mol. The van der Waals surface area contributed by atoms with Crippen LogP contribution in [0.15, 0.2) is 18.2 Å². The average molecular weight is 240 g/mol. The number of carbonyl (C=O) groups excluding carboxylic acids is 2. The summed E-state index contributed by atoms with van der Waals surface area (Å²) in [6.45, 7) is 1.36. The number of primary amides is 1. The lowest BCUT2D eigenvalue weighted by atomic mass is 10.1. The highest BCUT2D eigenvalue weighted by atomic mass is 19.1. The Morgan fingerprint density at radius 1 is 1.47 bits per heavy atom. The van der Waals surface area contributed by atoms with E-state index >= 15 is 0 Å². The molecule has 0 aliphatic carbocycles. The molecule has 0 saturated heterocycles. The molecule has 5 nitrogen and oxygen atoms in total. The molecule has 0 aliphatic rings. The number of halogens is 1. The first-order chi connectivity index (χ1) is 7.91. The van der Waals surface area contributed by atoms with Gasteiger partial charge in [-0.1, -0.05) is 6.92 Å². The molecule has 17 heavy (non-hydrogen) atoms. The van der Waals surface area contributed by atoms with Crippen LogP contribution in [0.1, 0.15) is 17.3 Å². The SMILES string of the molecule is CC(COC(=O)c1cc(F)ccc1N)C(N)=O. The van der Waals surface area contributed by atoms with Gasteiger partial charge in [0.05, 0.1) is 11.5 Å². The van der Waals surface area contributed by atoms with E-state index < -0.39 is 23.6 Å². The van der Waals surface area contributed by atoms with E-state index in [0.717, 1.165) is 12.1 Å². The van der Waals surface area contributed by atoms with Crippen LogP contribution in [0, 0.1) is 11.7 Å². The van der Waals surface area contributed by atoms with Gasteiger partial charge in [-0.05, 0) is 18.2 Å². The van der Waals surface area contributed by atoms with Crippen LogP contribution in [0.4, 0.5) is 10.1 Å². The fraction of sp³-hybridized carbons (Fsp3) is 0.273. The number of amides is 1. The van der Waals surface area contributed by atoms with Crippen molar-refractivity contribution in [2.75, 3.05) is 12.3 Å². The zero-order chi connectivity index (χ0) is 13.0. The van der Waals surface area contributed by atoms with E-state index in [2.05, 4.69) is 0 Å². The second kappa shape index (κ2) is 5.29. The van der Waals surface area contributed by atoms with Crippen molar-refractivity contribution in [2.45, 2.75) is 6.92 Å². The standard InChI is InChI=1S/C11H13FN2O3/c1-6(10(14)15)5-17-11(16)8-4-7(12)2-3-9(8)13/h2-4,6H,5,13H2,1H3,(H2,14,15). The Balaban J connectivity index is 2.70. The largest absolute Gasteiger partial charge is 0.461 e. The summed E-state index contributed by atoms with van der Waals surface area (Å²) in [5.74, 6) is -2.55. The Morgan fingerprint density at radius 2 is 2.12 bits per heavy atom. The van der Waals surface area contributed by atoms with Crippen LogP contribution < -0.4 is 11.5 Å². The van der Waals surface area contributed by atoms with Crippen molar-refractivity contribution in [3.8, 4) is 0 Å². The van der Waals surface area contributed by atoms with Crippen LogP contribution in [-0.4, -0.2) is 18.5 Å². The number of carbonyl (C=O) groups is 2. The minimum atomic E-state index is -0.782. The minimum absolute atomic E-state index is 0.0679.